The monoisotopic (exact) mass is 465 g/mol. The van der Waals surface area contributed by atoms with Crippen molar-refractivity contribution in [3.05, 3.63) is 18.0 Å². The van der Waals surface area contributed by atoms with E-state index in [9.17, 15) is 0 Å². The second-order valence-electron chi connectivity index (χ2n) is 6.46. The summed E-state index contributed by atoms with van der Waals surface area (Å²) in [6.07, 6.45) is 1.63. The fourth-order valence-corrected chi connectivity index (χ4v) is 2.63. The van der Waals surface area contributed by atoms with Crippen LogP contribution >= 0.6 is 24.0 Å². The summed E-state index contributed by atoms with van der Waals surface area (Å²) in [5.41, 5.74) is 0.992. The highest BCUT2D eigenvalue weighted by Crippen LogP contribution is 2.07. The minimum atomic E-state index is 0. The Labute approximate surface area is 168 Å². The Bertz CT molecular complexity index is 473. The minimum absolute atomic E-state index is 0. The zero-order chi connectivity index (χ0) is 17.2. The molecule has 1 fully saturated rings. The average molecular weight is 465 g/mol. The molecule has 0 bridgehead atoms. The van der Waals surface area contributed by atoms with Crippen molar-refractivity contribution >= 4 is 29.9 Å². The summed E-state index contributed by atoms with van der Waals surface area (Å²) >= 11 is 0. The van der Waals surface area contributed by atoms with Gasteiger partial charge >= 0.3 is 0 Å². The summed E-state index contributed by atoms with van der Waals surface area (Å²) in [5.74, 6) is 1.56. The Morgan fingerprint density at radius 2 is 2.12 bits per heavy atom. The molecule has 144 valence electrons. The second kappa shape index (κ2) is 12.5. The SMILES string of the molecule is CCNC(=NCCOCC(C)C)N1CCN(Cc2ccon2)CC1.I. The van der Waals surface area contributed by atoms with Crippen LogP contribution in [0.2, 0.25) is 0 Å². The molecule has 1 N–H and O–H groups in total. The molecule has 25 heavy (non-hydrogen) atoms. The molecule has 0 aromatic carbocycles. The molecule has 0 spiro atoms. The van der Waals surface area contributed by atoms with Crippen LogP contribution in [0.25, 0.3) is 0 Å². The summed E-state index contributed by atoms with van der Waals surface area (Å²) in [6, 6.07) is 1.93. The van der Waals surface area contributed by atoms with Gasteiger partial charge in [-0.3, -0.25) is 9.89 Å². The first-order chi connectivity index (χ1) is 11.7. The van der Waals surface area contributed by atoms with Crippen molar-refractivity contribution in [2.45, 2.75) is 27.3 Å². The maximum absolute atomic E-state index is 5.61. The normalized spacial score (nSPS) is 16.2. The maximum atomic E-state index is 5.61. The molecule has 1 aromatic heterocycles. The molecule has 0 radical (unpaired) electrons. The van der Waals surface area contributed by atoms with Gasteiger partial charge < -0.3 is 19.5 Å². The molecule has 1 aromatic rings. The Balaban J connectivity index is 0.00000312. The largest absolute Gasteiger partial charge is 0.379 e. The van der Waals surface area contributed by atoms with E-state index in [1.807, 2.05) is 6.07 Å². The van der Waals surface area contributed by atoms with E-state index >= 15 is 0 Å². The predicted octanol–water partition coefficient (Wildman–Crippen LogP) is 2.05. The van der Waals surface area contributed by atoms with E-state index in [1.54, 1.807) is 6.26 Å². The third kappa shape index (κ3) is 8.37. The van der Waals surface area contributed by atoms with Crippen molar-refractivity contribution in [3.63, 3.8) is 0 Å². The molecule has 1 aliphatic heterocycles. The van der Waals surface area contributed by atoms with Gasteiger partial charge in [-0.15, -0.1) is 24.0 Å². The van der Waals surface area contributed by atoms with Crippen molar-refractivity contribution in [1.82, 2.24) is 20.3 Å². The highest BCUT2D eigenvalue weighted by molar-refractivity contribution is 14.0. The molecule has 0 unspecified atom stereocenters. The van der Waals surface area contributed by atoms with Gasteiger partial charge in [-0.1, -0.05) is 19.0 Å². The third-order valence-corrected chi connectivity index (χ3v) is 3.83. The van der Waals surface area contributed by atoms with Crippen LogP contribution in [0.4, 0.5) is 0 Å². The molecule has 7 nitrogen and oxygen atoms in total. The van der Waals surface area contributed by atoms with E-state index in [-0.39, 0.29) is 24.0 Å². The number of piperazine rings is 1. The maximum Gasteiger partial charge on any atom is 0.194 e. The van der Waals surface area contributed by atoms with Crippen LogP contribution in [-0.2, 0) is 11.3 Å². The molecule has 0 amide bonds. The van der Waals surface area contributed by atoms with Gasteiger partial charge in [-0.05, 0) is 12.8 Å². The van der Waals surface area contributed by atoms with Gasteiger partial charge in [-0.25, -0.2) is 0 Å². The topological polar surface area (TPSA) is 66.1 Å². The summed E-state index contributed by atoms with van der Waals surface area (Å²) in [7, 11) is 0. The summed E-state index contributed by atoms with van der Waals surface area (Å²) in [6.45, 7) is 14.3. The lowest BCUT2D eigenvalue weighted by Crippen LogP contribution is -2.52. The van der Waals surface area contributed by atoms with Crippen molar-refractivity contribution in [2.24, 2.45) is 10.9 Å². The molecule has 1 aliphatic rings. The van der Waals surface area contributed by atoms with Crippen LogP contribution < -0.4 is 5.32 Å². The van der Waals surface area contributed by atoms with E-state index in [2.05, 4.69) is 41.0 Å². The van der Waals surface area contributed by atoms with Gasteiger partial charge in [0.2, 0.25) is 0 Å². The minimum Gasteiger partial charge on any atom is -0.379 e. The molecule has 2 heterocycles. The highest BCUT2D eigenvalue weighted by Gasteiger charge is 2.20. The van der Waals surface area contributed by atoms with Gasteiger partial charge in [0.05, 0.1) is 18.8 Å². The zero-order valence-electron chi connectivity index (χ0n) is 15.6. The van der Waals surface area contributed by atoms with Crippen LogP contribution in [0.5, 0.6) is 0 Å². The number of hydrogen-bond donors (Lipinski definition) is 1. The van der Waals surface area contributed by atoms with Gasteiger partial charge in [0.1, 0.15) is 6.26 Å². The Kier molecular flexibility index (Phi) is 11.1. The average Bonchev–Trinajstić information content (AvgIpc) is 3.07. The van der Waals surface area contributed by atoms with Gasteiger partial charge in [0.15, 0.2) is 5.96 Å². The molecule has 0 saturated carbocycles. The van der Waals surface area contributed by atoms with E-state index in [4.69, 9.17) is 14.3 Å². The molecule has 0 aliphatic carbocycles. The lowest BCUT2D eigenvalue weighted by Gasteiger charge is -2.36. The van der Waals surface area contributed by atoms with Gasteiger partial charge in [-0.2, -0.15) is 0 Å². The van der Waals surface area contributed by atoms with Crippen LogP contribution in [-0.4, -0.2) is 73.4 Å². The van der Waals surface area contributed by atoms with Crippen molar-refractivity contribution in [1.29, 1.82) is 0 Å². The summed E-state index contributed by atoms with van der Waals surface area (Å²) in [5, 5.41) is 7.37. The summed E-state index contributed by atoms with van der Waals surface area (Å²) < 4.78 is 10.5. The number of nitrogens with zero attached hydrogens (tertiary/aromatic N) is 4. The quantitative estimate of drug-likeness (QED) is 0.275. The predicted molar refractivity (Wildman–Crippen MR) is 110 cm³/mol. The first-order valence-corrected chi connectivity index (χ1v) is 8.91. The smallest absolute Gasteiger partial charge is 0.194 e. The molecule has 1 saturated heterocycles. The second-order valence-corrected chi connectivity index (χ2v) is 6.46. The van der Waals surface area contributed by atoms with E-state index in [0.29, 0.717) is 19.1 Å². The first kappa shape index (κ1) is 22.2. The molecule has 2 rings (SSSR count). The lowest BCUT2D eigenvalue weighted by molar-refractivity contribution is 0.116. The number of aromatic nitrogens is 1. The van der Waals surface area contributed by atoms with Crippen LogP contribution in [0.15, 0.2) is 21.8 Å². The molecule has 0 atom stereocenters. The van der Waals surface area contributed by atoms with E-state index < -0.39 is 0 Å². The van der Waals surface area contributed by atoms with E-state index in [1.165, 1.54) is 0 Å². The third-order valence-electron chi connectivity index (χ3n) is 3.83. The number of hydrogen-bond acceptors (Lipinski definition) is 5. The number of ether oxygens (including phenoxy) is 1. The number of aliphatic imine (C=N–C) groups is 1. The Morgan fingerprint density at radius 3 is 2.72 bits per heavy atom. The highest BCUT2D eigenvalue weighted by atomic mass is 127. The molecular weight excluding hydrogens is 433 g/mol. The number of nitrogens with one attached hydrogen (secondary N) is 1. The standard InChI is InChI=1S/C17H31N5O2.HI/c1-4-18-17(19-6-12-23-14-15(2)3)22-9-7-21(8-10-22)13-16-5-11-24-20-16;/h5,11,15H,4,6-10,12-14H2,1-3H3,(H,18,19);1H. The van der Waals surface area contributed by atoms with E-state index in [0.717, 1.165) is 57.5 Å². The first-order valence-electron chi connectivity index (χ1n) is 8.91. The van der Waals surface area contributed by atoms with Crippen LogP contribution in [0, 0.1) is 5.92 Å². The number of guanidine groups is 1. The molecular formula is C17H32IN5O2. The van der Waals surface area contributed by atoms with Crippen LogP contribution in [0.3, 0.4) is 0 Å². The van der Waals surface area contributed by atoms with Crippen molar-refractivity contribution in [3.8, 4) is 0 Å². The van der Waals surface area contributed by atoms with Gasteiger partial charge in [0.25, 0.3) is 0 Å². The number of rotatable bonds is 8. The number of halogens is 1. The van der Waals surface area contributed by atoms with Gasteiger partial charge in [0, 0.05) is 51.9 Å². The molecule has 8 heteroatoms. The van der Waals surface area contributed by atoms with Crippen molar-refractivity contribution in [2.75, 3.05) is 52.5 Å². The van der Waals surface area contributed by atoms with Crippen molar-refractivity contribution < 1.29 is 9.26 Å². The van der Waals surface area contributed by atoms with Crippen LogP contribution in [0.1, 0.15) is 26.5 Å². The lowest BCUT2D eigenvalue weighted by atomic mass is 10.2. The Morgan fingerprint density at radius 1 is 1.36 bits per heavy atom. The fourth-order valence-electron chi connectivity index (χ4n) is 2.63. The Hall–Kier alpha value is -0.870. The zero-order valence-corrected chi connectivity index (χ0v) is 17.9. The summed E-state index contributed by atoms with van der Waals surface area (Å²) in [4.78, 5) is 9.41. The fraction of sp³-hybridized carbons (Fsp3) is 0.765.